The summed E-state index contributed by atoms with van der Waals surface area (Å²) in [4.78, 5) is 12.2. The summed E-state index contributed by atoms with van der Waals surface area (Å²) in [5.74, 6) is 0.456. The second-order valence-corrected chi connectivity index (χ2v) is 9.17. The van der Waals surface area contributed by atoms with E-state index < -0.39 is 10.0 Å². The Balaban J connectivity index is 1.65. The standard InChI is InChI=1S/C23H23ClN2O5S/c1-15-4-5-16(2)21(12-15)25-23(27)14-31-22-11-10-19(13-20(22)24)32(28,29)26-17-6-8-18(30-3)9-7-17/h4-13,26H,14H2,1-3H3,(H,25,27). The first-order valence-corrected chi connectivity index (χ1v) is 11.5. The summed E-state index contributed by atoms with van der Waals surface area (Å²) in [5.41, 5.74) is 3.04. The number of amides is 1. The maximum Gasteiger partial charge on any atom is 0.262 e. The van der Waals surface area contributed by atoms with Crippen molar-refractivity contribution in [2.45, 2.75) is 18.7 Å². The molecule has 32 heavy (non-hydrogen) atoms. The topological polar surface area (TPSA) is 93.7 Å². The third-order valence-electron chi connectivity index (χ3n) is 4.58. The number of benzene rings is 3. The van der Waals surface area contributed by atoms with Crippen LogP contribution in [0.15, 0.2) is 65.6 Å². The summed E-state index contributed by atoms with van der Waals surface area (Å²) in [6.45, 7) is 3.56. The van der Waals surface area contributed by atoms with Gasteiger partial charge in [-0.3, -0.25) is 9.52 Å². The number of anilines is 2. The highest BCUT2D eigenvalue weighted by Gasteiger charge is 2.17. The van der Waals surface area contributed by atoms with Crippen LogP contribution in [0.5, 0.6) is 11.5 Å². The molecule has 0 heterocycles. The van der Waals surface area contributed by atoms with E-state index >= 15 is 0 Å². The summed E-state index contributed by atoms with van der Waals surface area (Å²) in [7, 11) is -2.34. The van der Waals surface area contributed by atoms with Gasteiger partial charge < -0.3 is 14.8 Å². The van der Waals surface area contributed by atoms with E-state index in [0.29, 0.717) is 17.1 Å². The highest BCUT2D eigenvalue weighted by atomic mass is 35.5. The minimum Gasteiger partial charge on any atom is -0.497 e. The molecule has 0 saturated heterocycles. The number of sulfonamides is 1. The van der Waals surface area contributed by atoms with Gasteiger partial charge in [0.25, 0.3) is 15.9 Å². The van der Waals surface area contributed by atoms with Gasteiger partial charge in [0.2, 0.25) is 0 Å². The number of aryl methyl sites for hydroxylation is 2. The van der Waals surface area contributed by atoms with Crippen molar-refractivity contribution >= 4 is 38.9 Å². The number of rotatable bonds is 8. The number of nitrogens with one attached hydrogen (secondary N) is 2. The molecule has 0 radical (unpaired) electrons. The molecule has 9 heteroatoms. The van der Waals surface area contributed by atoms with Gasteiger partial charge >= 0.3 is 0 Å². The van der Waals surface area contributed by atoms with E-state index in [4.69, 9.17) is 21.1 Å². The Morgan fingerprint density at radius 2 is 1.72 bits per heavy atom. The Labute approximate surface area is 192 Å². The SMILES string of the molecule is COc1ccc(NS(=O)(=O)c2ccc(OCC(=O)Nc3cc(C)ccc3C)c(Cl)c2)cc1. The van der Waals surface area contributed by atoms with E-state index in [1.165, 1.54) is 25.3 Å². The molecule has 1 amide bonds. The van der Waals surface area contributed by atoms with Gasteiger partial charge in [-0.1, -0.05) is 23.7 Å². The molecule has 2 N–H and O–H groups in total. The second-order valence-electron chi connectivity index (χ2n) is 7.08. The van der Waals surface area contributed by atoms with Crippen molar-refractivity contribution in [3.05, 3.63) is 76.8 Å². The van der Waals surface area contributed by atoms with Crippen molar-refractivity contribution in [2.75, 3.05) is 23.8 Å². The smallest absolute Gasteiger partial charge is 0.262 e. The van der Waals surface area contributed by atoms with Crippen LogP contribution in [0.25, 0.3) is 0 Å². The van der Waals surface area contributed by atoms with Crippen molar-refractivity contribution < 1.29 is 22.7 Å². The normalized spacial score (nSPS) is 11.0. The summed E-state index contributed by atoms with van der Waals surface area (Å²) >= 11 is 6.20. The van der Waals surface area contributed by atoms with Crippen molar-refractivity contribution in [3.63, 3.8) is 0 Å². The molecule has 0 aliphatic heterocycles. The first-order chi connectivity index (χ1) is 15.2. The van der Waals surface area contributed by atoms with Gasteiger partial charge in [-0.05, 0) is 73.5 Å². The lowest BCUT2D eigenvalue weighted by Crippen LogP contribution is -2.21. The number of carbonyl (C=O) groups excluding carboxylic acids is 1. The molecule has 3 aromatic carbocycles. The average molecular weight is 475 g/mol. The van der Waals surface area contributed by atoms with Crippen LogP contribution in [-0.2, 0) is 14.8 Å². The van der Waals surface area contributed by atoms with Crippen LogP contribution in [-0.4, -0.2) is 28.0 Å². The highest BCUT2D eigenvalue weighted by Crippen LogP contribution is 2.28. The van der Waals surface area contributed by atoms with Gasteiger partial charge in [-0.15, -0.1) is 0 Å². The molecule has 0 spiro atoms. The van der Waals surface area contributed by atoms with Crippen LogP contribution in [0.3, 0.4) is 0 Å². The van der Waals surface area contributed by atoms with Crippen LogP contribution < -0.4 is 19.5 Å². The second kappa shape index (κ2) is 9.93. The van der Waals surface area contributed by atoms with E-state index in [0.717, 1.165) is 11.1 Å². The van der Waals surface area contributed by atoms with Crippen LogP contribution in [0, 0.1) is 13.8 Å². The molecule has 0 unspecified atom stereocenters. The predicted octanol–water partition coefficient (Wildman–Crippen LogP) is 4.78. The first kappa shape index (κ1) is 23.4. The molecule has 0 fully saturated rings. The monoisotopic (exact) mass is 474 g/mol. The number of carbonyl (C=O) groups is 1. The number of hydrogen-bond acceptors (Lipinski definition) is 5. The van der Waals surface area contributed by atoms with Crippen LogP contribution in [0.1, 0.15) is 11.1 Å². The first-order valence-electron chi connectivity index (χ1n) is 9.64. The van der Waals surface area contributed by atoms with E-state index in [1.54, 1.807) is 24.3 Å². The van der Waals surface area contributed by atoms with Gasteiger partial charge in [0.15, 0.2) is 6.61 Å². The fourth-order valence-electron chi connectivity index (χ4n) is 2.84. The largest absolute Gasteiger partial charge is 0.497 e. The van der Waals surface area contributed by atoms with Gasteiger partial charge in [-0.2, -0.15) is 0 Å². The fraction of sp³-hybridized carbons (Fsp3) is 0.174. The van der Waals surface area contributed by atoms with E-state index in [2.05, 4.69) is 10.0 Å². The molecule has 0 aliphatic carbocycles. The Hall–Kier alpha value is -3.23. The van der Waals surface area contributed by atoms with Crippen LogP contribution >= 0.6 is 11.6 Å². The van der Waals surface area contributed by atoms with Gasteiger partial charge in [0, 0.05) is 11.4 Å². The molecule has 168 valence electrons. The molecule has 0 bridgehead atoms. The van der Waals surface area contributed by atoms with Crippen LogP contribution in [0.4, 0.5) is 11.4 Å². The third-order valence-corrected chi connectivity index (χ3v) is 6.26. The molecular formula is C23H23ClN2O5S. The molecule has 3 aromatic rings. The number of hydrogen-bond donors (Lipinski definition) is 2. The predicted molar refractivity (Wildman–Crippen MR) is 125 cm³/mol. The zero-order valence-electron chi connectivity index (χ0n) is 17.8. The summed E-state index contributed by atoms with van der Waals surface area (Å²) < 4.78 is 38.3. The highest BCUT2D eigenvalue weighted by molar-refractivity contribution is 7.92. The van der Waals surface area contributed by atoms with Crippen LogP contribution in [0.2, 0.25) is 5.02 Å². The molecule has 3 rings (SSSR count). The maximum atomic E-state index is 12.6. The summed E-state index contributed by atoms with van der Waals surface area (Å²) in [6.07, 6.45) is 0. The van der Waals surface area contributed by atoms with Gasteiger partial charge in [-0.25, -0.2) is 8.42 Å². The lowest BCUT2D eigenvalue weighted by atomic mass is 10.1. The zero-order valence-corrected chi connectivity index (χ0v) is 19.4. The van der Waals surface area contributed by atoms with E-state index in [9.17, 15) is 13.2 Å². The minimum atomic E-state index is -3.86. The third kappa shape index (κ3) is 5.93. The molecule has 0 aliphatic rings. The summed E-state index contributed by atoms with van der Waals surface area (Å²) in [5, 5.41) is 2.86. The Bertz CT molecular complexity index is 1230. The Morgan fingerprint density at radius 3 is 2.38 bits per heavy atom. The number of halogens is 1. The fourth-order valence-corrected chi connectivity index (χ4v) is 4.22. The minimum absolute atomic E-state index is 0.0366. The van der Waals surface area contributed by atoms with Gasteiger partial charge in [0.05, 0.1) is 17.0 Å². The lowest BCUT2D eigenvalue weighted by molar-refractivity contribution is -0.118. The quantitative estimate of drug-likeness (QED) is 0.490. The molecule has 0 saturated carbocycles. The van der Waals surface area contributed by atoms with Crippen molar-refractivity contribution in [3.8, 4) is 11.5 Å². The summed E-state index contributed by atoms with van der Waals surface area (Å²) in [6, 6.07) is 16.2. The van der Waals surface area contributed by atoms with E-state index in [-0.39, 0.29) is 28.2 Å². The van der Waals surface area contributed by atoms with Gasteiger partial charge in [0.1, 0.15) is 11.5 Å². The average Bonchev–Trinajstić information content (AvgIpc) is 2.75. The number of ether oxygens (including phenoxy) is 2. The van der Waals surface area contributed by atoms with Crippen molar-refractivity contribution in [1.29, 1.82) is 0 Å². The zero-order chi connectivity index (χ0) is 23.3. The molecule has 7 nitrogen and oxygen atoms in total. The van der Waals surface area contributed by atoms with Crippen molar-refractivity contribution in [1.82, 2.24) is 0 Å². The molecule has 0 aromatic heterocycles. The number of methoxy groups -OCH3 is 1. The lowest BCUT2D eigenvalue weighted by Gasteiger charge is -2.13. The Kier molecular flexibility index (Phi) is 7.27. The molecule has 0 atom stereocenters. The molecular weight excluding hydrogens is 452 g/mol. The Morgan fingerprint density at radius 1 is 1.00 bits per heavy atom. The maximum absolute atomic E-state index is 12.6. The van der Waals surface area contributed by atoms with E-state index in [1.807, 2.05) is 32.0 Å². The van der Waals surface area contributed by atoms with Crippen molar-refractivity contribution in [2.24, 2.45) is 0 Å².